The maximum Gasteiger partial charge on any atom is 0.359 e. The van der Waals surface area contributed by atoms with E-state index in [2.05, 4.69) is 12.0 Å². The van der Waals surface area contributed by atoms with Gasteiger partial charge < -0.3 is 4.74 Å². The fourth-order valence-corrected chi connectivity index (χ4v) is 7.25. The highest BCUT2D eigenvalue weighted by atomic mass is 16.5. The fourth-order valence-electron chi connectivity index (χ4n) is 7.25. The third-order valence-corrected chi connectivity index (χ3v) is 8.23. The molecule has 4 fully saturated rings. The fraction of sp³-hybridized carbons (Fsp3) is 0.538. The molecule has 1 aromatic carbocycles. The molecule has 1 aromatic heterocycles. The minimum absolute atomic E-state index is 0.0198. The number of carbonyl (C=O) groups is 3. The molecule has 7 rings (SSSR count). The second-order valence-corrected chi connectivity index (χ2v) is 10.3. The highest BCUT2D eigenvalue weighted by Gasteiger charge is 2.56. The predicted octanol–water partition coefficient (Wildman–Crippen LogP) is 4.35. The lowest BCUT2D eigenvalue weighted by atomic mass is 9.53. The van der Waals surface area contributed by atoms with Crippen LogP contribution in [0.25, 0.3) is 0 Å². The van der Waals surface area contributed by atoms with E-state index in [0.717, 1.165) is 31.2 Å². The van der Waals surface area contributed by atoms with Crippen LogP contribution >= 0.6 is 0 Å². The number of carbonyl (C=O) groups excluding carboxylic acids is 3. The number of aryl methyl sites for hydroxylation is 1. The Morgan fingerprint density at radius 1 is 1.00 bits per heavy atom. The van der Waals surface area contributed by atoms with E-state index in [9.17, 15) is 14.4 Å². The molecule has 7 nitrogen and oxygen atoms in total. The van der Waals surface area contributed by atoms with Crippen LogP contribution in [0.2, 0.25) is 0 Å². The first-order valence-corrected chi connectivity index (χ1v) is 12.2. The van der Waals surface area contributed by atoms with Gasteiger partial charge in [-0.1, -0.05) is 19.1 Å². The van der Waals surface area contributed by atoms with Gasteiger partial charge in [0.2, 0.25) is 0 Å². The van der Waals surface area contributed by atoms with Crippen molar-refractivity contribution in [3.8, 4) is 0 Å². The Morgan fingerprint density at radius 2 is 1.61 bits per heavy atom. The molecule has 4 bridgehead atoms. The molecule has 1 aliphatic heterocycles. The van der Waals surface area contributed by atoms with Gasteiger partial charge >= 0.3 is 5.97 Å². The molecule has 172 valence electrons. The van der Waals surface area contributed by atoms with Gasteiger partial charge in [0.15, 0.2) is 5.69 Å². The standard InChI is InChI=1S/C26H29N3O4/c1-3-15-5-7-19(8-6-15)28-23(30)20-21(25(32)33-4-2)27-29(22(20)24(28)31)26-12-16-9-17(13-26)11-18(10-16)14-26/h5-8,16-18H,3-4,9-14H2,1-2H3. The van der Waals surface area contributed by atoms with Crippen LogP contribution < -0.4 is 4.90 Å². The Hall–Kier alpha value is -2.96. The zero-order chi connectivity index (χ0) is 22.9. The molecule has 5 aliphatic rings. The highest BCUT2D eigenvalue weighted by molar-refractivity contribution is 6.35. The van der Waals surface area contributed by atoms with Crippen LogP contribution in [0.3, 0.4) is 0 Å². The summed E-state index contributed by atoms with van der Waals surface area (Å²) in [5, 5.41) is 4.67. The molecule has 0 radical (unpaired) electrons. The normalized spacial score (nSPS) is 29.6. The number of rotatable bonds is 5. The van der Waals surface area contributed by atoms with Gasteiger partial charge in [-0.3, -0.25) is 14.3 Å². The summed E-state index contributed by atoms with van der Waals surface area (Å²) in [7, 11) is 0. The van der Waals surface area contributed by atoms with E-state index in [1.54, 1.807) is 23.7 Å². The minimum atomic E-state index is -0.637. The number of esters is 1. The molecular weight excluding hydrogens is 418 g/mol. The second kappa shape index (κ2) is 7.27. The summed E-state index contributed by atoms with van der Waals surface area (Å²) < 4.78 is 7.03. The molecule has 2 heterocycles. The molecular formula is C26H29N3O4. The van der Waals surface area contributed by atoms with Crippen molar-refractivity contribution in [1.82, 2.24) is 9.78 Å². The topological polar surface area (TPSA) is 81.5 Å². The zero-order valence-electron chi connectivity index (χ0n) is 19.2. The lowest BCUT2D eigenvalue weighted by Gasteiger charge is -2.56. The Labute approximate surface area is 193 Å². The molecule has 33 heavy (non-hydrogen) atoms. The first-order valence-electron chi connectivity index (χ1n) is 12.2. The van der Waals surface area contributed by atoms with Gasteiger partial charge in [-0.05, 0) is 87.3 Å². The van der Waals surface area contributed by atoms with Crippen molar-refractivity contribution in [2.24, 2.45) is 17.8 Å². The van der Waals surface area contributed by atoms with E-state index >= 15 is 0 Å². The van der Waals surface area contributed by atoms with Crippen molar-refractivity contribution >= 4 is 23.5 Å². The van der Waals surface area contributed by atoms with Gasteiger partial charge in [0.05, 0.1) is 17.8 Å². The quantitative estimate of drug-likeness (QED) is 0.503. The molecule has 4 aliphatic carbocycles. The Balaban J connectivity index is 1.48. The molecule has 2 aromatic rings. The summed E-state index contributed by atoms with van der Waals surface area (Å²) in [5.74, 6) is 0.379. The summed E-state index contributed by atoms with van der Waals surface area (Å²) in [6.07, 6.45) is 7.49. The highest BCUT2D eigenvalue weighted by Crippen LogP contribution is 2.59. The molecule has 2 amide bonds. The Bertz CT molecular complexity index is 1130. The number of fused-ring (bicyclic) bond motifs is 1. The van der Waals surface area contributed by atoms with E-state index < -0.39 is 17.8 Å². The summed E-state index contributed by atoms with van der Waals surface area (Å²) in [6, 6.07) is 7.45. The van der Waals surface area contributed by atoms with Crippen molar-refractivity contribution in [3.63, 3.8) is 0 Å². The Morgan fingerprint density at radius 3 is 2.15 bits per heavy atom. The van der Waals surface area contributed by atoms with E-state index in [0.29, 0.717) is 23.4 Å². The van der Waals surface area contributed by atoms with Crippen LogP contribution in [0.4, 0.5) is 5.69 Å². The van der Waals surface area contributed by atoms with Crippen molar-refractivity contribution in [2.75, 3.05) is 11.5 Å². The number of nitrogens with zero attached hydrogens (tertiary/aromatic N) is 3. The summed E-state index contributed by atoms with van der Waals surface area (Å²) in [5.41, 5.74) is 1.71. The molecule has 0 unspecified atom stereocenters. The summed E-state index contributed by atoms with van der Waals surface area (Å²) in [4.78, 5) is 41.4. The van der Waals surface area contributed by atoms with Crippen molar-refractivity contribution in [3.05, 3.63) is 46.8 Å². The average Bonchev–Trinajstić information content (AvgIpc) is 3.31. The van der Waals surface area contributed by atoms with Crippen LogP contribution in [-0.4, -0.2) is 34.2 Å². The van der Waals surface area contributed by atoms with E-state index in [-0.39, 0.29) is 29.1 Å². The van der Waals surface area contributed by atoms with E-state index in [1.807, 2.05) is 12.1 Å². The van der Waals surface area contributed by atoms with Gasteiger partial charge in [0.1, 0.15) is 11.3 Å². The maximum atomic E-state index is 13.8. The van der Waals surface area contributed by atoms with Crippen LogP contribution in [0, 0.1) is 17.8 Å². The maximum absolute atomic E-state index is 13.8. The number of ether oxygens (including phenoxy) is 1. The number of imide groups is 1. The van der Waals surface area contributed by atoms with Gasteiger partial charge in [0.25, 0.3) is 11.8 Å². The van der Waals surface area contributed by atoms with Crippen molar-refractivity contribution < 1.29 is 19.1 Å². The van der Waals surface area contributed by atoms with Crippen LogP contribution in [0.5, 0.6) is 0 Å². The lowest BCUT2D eigenvalue weighted by molar-refractivity contribution is -0.0503. The molecule has 0 saturated heterocycles. The van der Waals surface area contributed by atoms with E-state index in [1.165, 1.54) is 24.2 Å². The number of anilines is 1. The third-order valence-electron chi connectivity index (χ3n) is 8.23. The number of hydrogen-bond acceptors (Lipinski definition) is 5. The molecule has 0 atom stereocenters. The van der Waals surface area contributed by atoms with Gasteiger partial charge in [-0.15, -0.1) is 0 Å². The summed E-state index contributed by atoms with van der Waals surface area (Å²) in [6.45, 7) is 3.97. The lowest BCUT2D eigenvalue weighted by Crippen LogP contribution is -2.53. The molecule has 4 saturated carbocycles. The predicted molar refractivity (Wildman–Crippen MR) is 121 cm³/mol. The molecule has 7 heteroatoms. The molecule has 0 N–H and O–H groups in total. The minimum Gasteiger partial charge on any atom is -0.461 e. The molecule has 0 spiro atoms. The number of hydrogen-bond donors (Lipinski definition) is 0. The van der Waals surface area contributed by atoms with Crippen LogP contribution in [0.15, 0.2) is 24.3 Å². The van der Waals surface area contributed by atoms with Crippen LogP contribution in [-0.2, 0) is 16.7 Å². The smallest absolute Gasteiger partial charge is 0.359 e. The number of benzene rings is 1. The van der Waals surface area contributed by atoms with Gasteiger partial charge in [-0.25, -0.2) is 9.69 Å². The number of aromatic nitrogens is 2. The largest absolute Gasteiger partial charge is 0.461 e. The van der Waals surface area contributed by atoms with Crippen LogP contribution in [0.1, 0.15) is 89.3 Å². The third kappa shape index (κ3) is 2.94. The average molecular weight is 448 g/mol. The van der Waals surface area contributed by atoms with Gasteiger partial charge in [0, 0.05) is 0 Å². The Kier molecular flexibility index (Phi) is 4.55. The van der Waals surface area contributed by atoms with Crippen molar-refractivity contribution in [1.29, 1.82) is 0 Å². The first-order chi connectivity index (χ1) is 15.9. The SMILES string of the molecule is CCOC(=O)c1nn(C23CC4CC(CC(C4)C2)C3)c2c1C(=O)N(c1ccc(CC)cc1)C2=O. The second-order valence-electron chi connectivity index (χ2n) is 10.3. The first kappa shape index (κ1) is 20.6. The zero-order valence-corrected chi connectivity index (χ0v) is 19.2. The van der Waals surface area contributed by atoms with Crippen molar-refractivity contribution in [2.45, 2.75) is 64.3 Å². The summed E-state index contributed by atoms with van der Waals surface area (Å²) >= 11 is 0. The number of amides is 2. The van der Waals surface area contributed by atoms with E-state index in [4.69, 9.17) is 4.74 Å². The van der Waals surface area contributed by atoms with Gasteiger partial charge in [-0.2, -0.15) is 5.10 Å². The monoisotopic (exact) mass is 447 g/mol.